The van der Waals surface area contributed by atoms with Gasteiger partial charge in [-0.15, -0.1) is 0 Å². The summed E-state index contributed by atoms with van der Waals surface area (Å²) in [7, 11) is 0. The van der Waals surface area contributed by atoms with Gasteiger partial charge in [0.2, 0.25) is 0 Å². The Bertz CT molecular complexity index is 1050. The van der Waals surface area contributed by atoms with Crippen LogP contribution in [-0.4, -0.2) is 52.5 Å². The van der Waals surface area contributed by atoms with Crippen molar-refractivity contribution >= 4 is 17.8 Å². The number of amides is 2. The van der Waals surface area contributed by atoms with E-state index in [9.17, 15) is 14.4 Å². The van der Waals surface area contributed by atoms with E-state index >= 15 is 0 Å². The van der Waals surface area contributed by atoms with Crippen LogP contribution >= 0.6 is 0 Å². The summed E-state index contributed by atoms with van der Waals surface area (Å²) in [6.07, 6.45) is 1.82. The van der Waals surface area contributed by atoms with Crippen molar-refractivity contribution in [1.82, 2.24) is 14.8 Å². The van der Waals surface area contributed by atoms with Gasteiger partial charge in [0.15, 0.2) is 0 Å². The summed E-state index contributed by atoms with van der Waals surface area (Å²) in [5.41, 5.74) is 2.58. The third-order valence-electron chi connectivity index (χ3n) is 6.42. The Morgan fingerprint density at radius 1 is 1.18 bits per heavy atom. The number of carbonyl (C=O) groups is 3. The zero-order chi connectivity index (χ0) is 24.2. The largest absolute Gasteiger partial charge is 0.461 e. The lowest BCUT2D eigenvalue weighted by Gasteiger charge is -2.26. The molecular formula is C26H33N3O5. The van der Waals surface area contributed by atoms with E-state index in [1.54, 1.807) is 24.8 Å². The van der Waals surface area contributed by atoms with E-state index in [0.717, 1.165) is 18.4 Å². The molecule has 2 amide bonds. The molecule has 0 spiro atoms. The normalized spacial score (nSPS) is 18.5. The highest BCUT2D eigenvalue weighted by molar-refractivity contribution is 6.02. The van der Waals surface area contributed by atoms with Crippen molar-refractivity contribution in [3.63, 3.8) is 0 Å². The van der Waals surface area contributed by atoms with Crippen molar-refractivity contribution in [2.24, 2.45) is 0 Å². The summed E-state index contributed by atoms with van der Waals surface area (Å²) in [4.78, 5) is 41.1. The van der Waals surface area contributed by atoms with E-state index in [1.807, 2.05) is 41.8 Å². The van der Waals surface area contributed by atoms with E-state index in [1.165, 1.54) is 0 Å². The van der Waals surface area contributed by atoms with E-state index in [-0.39, 0.29) is 36.5 Å². The number of hydrogen-bond donors (Lipinski definition) is 1. The van der Waals surface area contributed by atoms with Gasteiger partial charge < -0.3 is 24.3 Å². The molecule has 2 unspecified atom stereocenters. The average Bonchev–Trinajstić information content (AvgIpc) is 3.48. The van der Waals surface area contributed by atoms with Crippen LogP contribution < -0.4 is 5.32 Å². The van der Waals surface area contributed by atoms with Crippen LogP contribution in [0.5, 0.6) is 0 Å². The van der Waals surface area contributed by atoms with Crippen LogP contribution in [0.15, 0.2) is 36.4 Å². The van der Waals surface area contributed by atoms with Crippen molar-refractivity contribution in [1.29, 1.82) is 0 Å². The Labute approximate surface area is 200 Å². The molecular weight excluding hydrogens is 434 g/mol. The van der Waals surface area contributed by atoms with Gasteiger partial charge >= 0.3 is 5.97 Å². The molecule has 3 heterocycles. The Balaban J connectivity index is 1.60. The molecule has 8 heteroatoms. The van der Waals surface area contributed by atoms with Gasteiger partial charge in [0.1, 0.15) is 11.7 Å². The summed E-state index contributed by atoms with van der Waals surface area (Å²) >= 11 is 0. The fourth-order valence-electron chi connectivity index (χ4n) is 4.75. The molecule has 4 rings (SSSR count). The molecule has 182 valence electrons. The maximum absolute atomic E-state index is 13.6. The van der Waals surface area contributed by atoms with Crippen LogP contribution in [0.25, 0.3) is 0 Å². The number of hydrogen-bond acceptors (Lipinski definition) is 5. The second-order valence-electron chi connectivity index (χ2n) is 9.08. The summed E-state index contributed by atoms with van der Waals surface area (Å²) in [5, 5.41) is 3.11. The second kappa shape index (κ2) is 10.4. The van der Waals surface area contributed by atoms with Gasteiger partial charge in [0.25, 0.3) is 11.8 Å². The molecule has 1 aromatic heterocycles. The highest BCUT2D eigenvalue weighted by Crippen LogP contribution is 2.27. The lowest BCUT2D eigenvalue weighted by Crippen LogP contribution is -2.43. The first-order valence-corrected chi connectivity index (χ1v) is 12.1. The Morgan fingerprint density at radius 3 is 2.65 bits per heavy atom. The van der Waals surface area contributed by atoms with Crippen molar-refractivity contribution in [3.8, 4) is 0 Å². The van der Waals surface area contributed by atoms with Crippen molar-refractivity contribution < 1.29 is 23.9 Å². The zero-order valence-electron chi connectivity index (χ0n) is 20.1. The van der Waals surface area contributed by atoms with E-state index < -0.39 is 6.04 Å². The van der Waals surface area contributed by atoms with Crippen LogP contribution in [-0.2, 0) is 27.4 Å². The fraction of sp³-hybridized carbons (Fsp3) is 0.500. The standard InChI is InChI=1S/C26H33N3O5/c1-4-20(18-9-6-5-7-10-18)27-24(30)19-15-22(28-13-14-33-16-23(19)28)25(31)29-12-8-11-21(29)26(32)34-17(2)3/h5-7,9-10,15,17,20-21H,4,8,11-14,16H2,1-3H3,(H,27,30). The molecule has 0 aliphatic carbocycles. The molecule has 1 saturated heterocycles. The lowest BCUT2D eigenvalue weighted by atomic mass is 10.0. The monoisotopic (exact) mass is 467 g/mol. The molecule has 1 aromatic carbocycles. The summed E-state index contributed by atoms with van der Waals surface area (Å²) in [5.74, 6) is -0.858. The molecule has 1 N–H and O–H groups in total. The fourth-order valence-corrected chi connectivity index (χ4v) is 4.75. The van der Waals surface area contributed by atoms with E-state index in [0.29, 0.717) is 43.1 Å². The molecule has 2 aliphatic rings. The number of nitrogens with zero attached hydrogens (tertiary/aromatic N) is 2. The highest BCUT2D eigenvalue weighted by atomic mass is 16.5. The molecule has 0 saturated carbocycles. The van der Waals surface area contributed by atoms with Gasteiger partial charge in [-0.1, -0.05) is 37.3 Å². The molecule has 8 nitrogen and oxygen atoms in total. The number of rotatable bonds is 7. The predicted octanol–water partition coefficient (Wildman–Crippen LogP) is 3.46. The minimum Gasteiger partial charge on any atom is -0.461 e. The number of carbonyl (C=O) groups excluding carboxylic acids is 3. The molecule has 34 heavy (non-hydrogen) atoms. The van der Waals surface area contributed by atoms with Gasteiger partial charge in [-0.3, -0.25) is 9.59 Å². The van der Waals surface area contributed by atoms with Crippen LogP contribution in [0.2, 0.25) is 0 Å². The third kappa shape index (κ3) is 4.87. The first-order chi connectivity index (χ1) is 16.4. The molecule has 1 fully saturated rings. The highest BCUT2D eigenvalue weighted by Gasteiger charge is 2.38. The van der Waals surface area contributed by atoms with Crippen molar-refractivity contribution in [2.75, 3.05) is 13.2 Å². The van der Waals surface area contributed by atoms with Crippen LogP contribution in [0, 0.1) is 0 Å². The van der Waals surface area contributed by atoms with E-state index in [2.05, 4.69) is 5.32 Å². The van der Waals surface area contributed by atoms with Gasteiger partial charge in [0.05, 0.1) is 36.6 Å². The number of likely N-dealkylation sites (tertiary alicyclic amines) is 1. The van der Waals surface area contributed by atoms with Gasteiger partial charge in [-0.25, -0.2) is 4.79 Å². The summed E-state index contributed by atoms with van der Waals surface area (Å²) in [6.45, 7) is 7.31. The minimum absolute atomic E-state index is 0.137. The van der Waals surface area contributed by atoms with Crippen molar-refractivity contribution in [2.45, 2.75) is 71.4 Å². The maximum atomic E-state index is 13.6. The molecule has 2 aromatic rings. The molecule has 2 aliphatic heterocycles. The minimum atomic E-state index is -0.597. The number of fused-ring (bicyclic) bond motifs is 1. The van der Waals surface area contributed by atoms with Gasteiger partial charge in [-0.2, -0.15) is 0 Å². The van der Waals surface area contributed by atoms with Crippen LogP contribution in [0.1, 0.15) is 78.2 Å². The number of aromatic nitrogens is 1. The van der Waals surface area contributed by atoms with Gasteiger partial charge in [0, 0.05) is 13.1 Å². The SMILES string of the molecule is CCC(NC(=O)c1cc(C(=O)N2CCCC2C(=O)OC(C)C)n2c1COCC2)c1ccccc1. The first-order valence-electron chi connectivity index (χ1n) is 12.1. The molecule has 2 atom stereocenters. The summed E-state index contributed by atoms with van der Waals surface area (Å²) < 4.78 is 12.9. The van der Waals surface area contributed by atoms with Gasteiger partial charge in [-0.05, 0) is 44.7 Å². The Hall–Kier alpha value is -3.13. The number of nitrogens with one attached hydrogen (secondary N) is 1. The topological polar surface area (TPSA) is 89.9 Å². The average molecular weight is 468 g/mol. The summed E-state index contributed by atoms with van der Waals surface area (Å²) in [6, 6.07) is 10.7. The van der Waals surface area contributed by atoms with E-state index in [4.69, 9.17) is 9.47 Å². The molecule has 0 radical (unpaired) electrons. The maximum Gasteiger partial charge on any atom is 0.329 e. The Morgan fingerprint density at radius 2 is 1.94 bits per heavy atom. The first kappa shape index (κ1) is 24.0. The molecule has 0 bridgehead atoms. The third-order valence-corrected chi connectivity index (χ3v) is 6.42. The predicted molar refractivity (Wildman–Crippen MR) is 126 cm³/mol. The van der Waals surface area contributed by atoms with Crippen LogP contribution in [0.4, 0.5) is 0 Å². The smallest absolute Gasteiger partial charge is 0.329 e. The number of esters is 1. The second-order valence-corrected chi connectivity index (χ2v) is 9.08. The van der Waals surface area contributed by atoms with Crippen LogP contribution in [0.3, 0.4) is 0 Å². The number of ether oxygens (including phenoxy) is 2. The Kier molecular flexibility index (Phi) is 7.36. The lowest BCUT2D eigenvalue weighted by molar-refractivity contribution is -0.152. The zero-order valence-corrected chi connectivity index (χ0v) is 20.1. The van der Waals surface area contributed by atoms with Crippen molar-refractivity contribution in [3.05, 3.63) is 58.9 Å². The quantitative estimate of drug-likeness (QED) is 0.630. The number of benzene rings is 1.